The van der Waals surface area contributed by atoms with Crippen molar-refractivity contribution in [1.29, 1.82) is 0 Å². The van der Waals surface area contributed by atoms with Gasteiger partial charge in [0.25, 0.3) is 0 Å². The SMILES string of the molecule is CCOc1ccccc1C#CCCNc1ncnc2ccccc12. The number of para-hydroxylation sites is 2. The molecular weight excluding hydrogens is 298 g/mol. The van der Waals surface area contributed by atoms with Crippen LogP contribution in [0.25, 0.3) is 10.9 Å². The minimum atomic E-state index is 0.640. The smallest absolute Gasteiger partial charge is 0.137 e. The van der Waals surface area contributed by atoms with E-state index in [1.807, 2.05) is 55.5 Å². The van der Waals surface area contributed by atoms with Crippen LogP contribution in [0.4, 0.5) is 5.82 Å². The van der Waals surface area contributed by atoms with Crippen molar-refractivity contribution in [1.82, 2.24) is 9.97 Å². The summed E-state index contributed by atoms with van der Waals surface area (Å²) in [6.45, 7) is 3.34. The van der Waals surface area contributed by atoms with Crippen molar-refractivity contribution in [3.63, 3.8) is 0 Å². The molecule has 3 aromatic rings. The van der Waals surface area contributed by atoms with Gasteiger partial charge >= 0.3 is 0 Å². The highest BCUT2D eigenvalue weighted by atomic mass is 16.5. The number of rotatable bonds is 5. The number of ether oxygens (including phenoxy) is 1. The number of anilines is 1. The highest BCUT2D eigenvalue weighted by molar-refractivity contribution is 5.88. The van der Waals surface area contributed by atoms with Crippen LogP contribution in [0.3, 0.4) is 0 Å². The third-order valence-electron chi connectivity index (χ3n) is 3.50. The topological polar surface area (TPSA) is 47.0 Å². The van der Waals surface area contributed by atoms with E-state index in [1.165, 1.54) is 0 Å². The first-order valence-corrected chi connectivity index (χ1v) is 8.03. The molecule has 0 aliphatic rings. The molecule has 4 heteroatoms. The summed E-state index contributed by atoms with van der Waals surface area (Å²) in [4.78, 5) is 8.57. The molecule has 0 fully saturated rings. The molecule has 0 aliphatic heterocycles. The molecule has 0 radical (unpaired) electrons. The number of aromatic nitrogens is 2. The van der Waals surface area contributed by atoms with Gasteiger partial charge in [-0.05, 0) is 31.2 Å². The van der Waals surface area contributed by atoms with E-state index in [4.69, 9.17) is 4.74 Å². The Morgan fingerprint density at radius 3 is 2.79 bits per heavy atom. The standard InChI is InChI=1S/C20H19N3O/c1-2-24-19-13-6-3-9-16(19)10-7-8-14-21-20-17-11-4-5-12-18(17)22-15-23-20/h3-6,9,11-13,15H,2,8,14H2,1H3,(H,21,22,23). The lowest BCUT2D eigenvalue weighted by Crippen LogP contribution is -2.03. The molecule has 3 rings (SSSR count). The predicted octanol–water partition coefficient (Wildman–Crippen LogP) is 3.88. The monoisotopic (exact) mass is 317 g/mol. The molecule has 0 amide bonds. The maximum Gasteiger partial charge on any atom is 0.137 e. The second-order valence-corrected chi connectivity index (χ2v) is 5.15. The molecule has 0 saturated heterocycles. The van der Waals surface area contributed by atoms with E-state index in [9.17, 15) is 0 Å². The van der Waals surface area contributed by atoms with Gasteiger partial charge in [-0.3, -0.25) is 0 Å². The van der Waals surface area contributed by atoms with Crippen molar-refractivity contribution in [2.75, 3.05) is 18.5 Å². The van der Waals surface area contributed by atoms with Crippen LogP contribution in [0, 0.1) is 11.8 Å². The van der Waals surface area contributed by atoms with Crippen LogP contribution in [-0.4, -0.2) is 23.1 Å². The summed E-state index contributed by atoms with van der Waals surface area (Å²) < 4.78 is 5.58. The van der Waals surface area contributed by atoms with E-state index in [-0.39, 0.29) is 0 Å². The van der Waals surface area contributed by atoms with E-state index in [0.29, 0.717) is 6.61 Å². The largest absolute Gasteiger partial charge is 0.493 e. The lowest BCUT2D eigenvalue weighted by molar-refractivity contribution is 0.339. The zero-order chi connectivity index (χ0) is 16.6. The molecule has 24 heavy (non-hydrogen) atoms. The first-order chi connectivity index (χ1) is 11.9. The number of nitrogens with zero attached hydrogens (tertiary/aromatic N) is 2. The molecular formula is C20H19N3O. The Bertz CT molecular complexity index is 875. The Hall–Kier alpha value is -3.06. The van der Waals surface area contributed by atoms with Crippen LogP contribution in [-0.2, 0) is 0 Å². The number of benzene rings is 2. The number of nitrogens with one attached hydrogen (secondary N) is 1. The van der Waals surface area contributed by atoms with Crippen LogP contribution in [0.2, 0.25) is 0 Å². The zero-order valence-corrected chi connectivity index (χ0v) is 13.6. The van der Waals surface area contributed by atoms with Crippen molar-refractivity contribution < 1.29 is 4.74 Å². The van der Waals surface area contributed by atoms with Crippen molar-refractivity contribution in [3.8, 4) is 17.6 Å². The van der Waals surface area contributed by atoms with E-state index in [1.54, 1.807) is 6.33 Å². The van der Waals surface area contributed by atoms with Gasteiger partial charge in [-0.1, -0.05) is 36.1 Å². The third-order valence-corrected chi connectivity index (χ3v) is 3.50. The molecule has 0 spiro atoms. The Morgan fingerprint density at radius 2 is 1.88 bits per heavy atom. The molecule has 0 saturated carbocycles. The van der Waals surface area contributed by atoms with E-state index >= 15 is 0 Å². The summed E-state index contributed by atoms with van der Waals surface area (Å²) in [6, 6.07) is 15.8. The quantitative estimate of drug-likeness (QED) is 0.573. The highest BCUT2D eigenvalue weighted by Crippen LogP contribution is 2.18. The number of hydrogen-bond donors (Lipinski definition) is 1. The second-order valence-electron chi connectivity index (χ2n) is 5.15. The maximum absolute atomic E-state index is 5.58. The summed E-state index contributed by atoms with van der Waals surface area (Å²) >= 11 is 0. The molecule has 2 aromatic carbocycles. The van der Waals surface area contributed by atoms with Crippen LogP contribution in [0.5, 0.6) is 5.75 Å². The summed E-state index contributed by atoms with van der Waals surface area (Å²) in [5, 5.41) is 4.35. The fourth-order valence-corrected chi connectivity index (χ4v) is 2.40. The van der Waals surface area contributed by atoms with Crippen molar-refractivity contribution >= 4 is 16.7 Å². The number of fused-ring (bicyclic) bond motifs is 1. The van der Waals surface area contributed by atoms with Crippen LogP contribution < -0.4 is 10.1 Å². The molecule has 0 aliphatic carbocycles. The first kappa shape index (κ1) is 15.8. The molecule has 1 N–H and O–H groups in total. The molecule has 1 heterocycles. The summed E-state index contributed by atoms with van der Waals surface area (Å²) in [7, 11) is 0. The lowest BCUT2D eigenvalue weighted by Gasteiger charge is -2.06. The fourth-order valence-electron chi connectivity index (χ4n) is 2.40. The van der Waals surface area contributed by atoms with Gasteiger partial charge in [-0.25, -0.2) is 9.97 Å². The maximum atomic E-state index is 5.58. The second kappa shape index (κ2) is 7.98. The van der Waals surface area contributed by atoms with Gasteiger partial charge in [0, 0.05) is 18.4 Å². The van der Waals surface area contributed by atoms with E-state index in [2.05, 4.69) is 27.1 Å². The summed E-state index contributed by atoms with van der Waals surface area (Å²) in [5.74, 6) is 8.04. The molecule has 4 nitrogen and oxygen atoms in total. The Balaban J connectivity index is 1.62. The predicted molar refractivity (Wildman–Crippen MR) is 97.1 cm³/mol. The highest BCUT2D eigenvalue weighted by Gasteiger charge is 2.01. The van der Waals surface area contributed by atoms with Crippen molar-refractivity contribution in [3.05, 3.63) is 60.4 Å². The van der Waals surface area contributed by atoms with Crippen LogP contribution in [0.15, 0.2) is 54.9 Å². The van der Waals surface area contributed by atoms with Gasteiger partial charge in [-0.15, -0.1) is 0 Å². The van der Waals surface area contributed by atoms with Crippen molar-refractivity contribution in [2.24, 2.45) is 0 Å². The number of hydrogen-bond acceptors (Lipinski definition) is 4. The lowest BCUT2D eigenvalue weighted by atomic mass is 10.2. The van der Waals surface area contributed by atoms with E-state index in [0.717, 1.165) is 41.0 Å². The average molecular weight is 317 g/mol. The summed E-state index contributed by atoms with van der Waals surface area (Å²) in [5.41, 5.74) is 1.86. The Kier molecular flexibility index (Phi) is 5.26. The Morgan fingerprint density at radius 1 is 1.04 bits per heavy atom. The summed E-state index contributed by atoms with van der Waals surface area (Å²) in [6.07, 6.45) is 2.30. The van der Waals surface area contributed by atoms with Gasteiger partial charge < -0.3 is 10.1 Å². The molecule has 0 atom stereocenters. The average Bonchev–Trinajstić information content (AvgIpc) is 2.63. The van der Waals surface area contributed by atoms with Crippen LogP contribution >= 0.6 is 0 Å². The molecule has 1 aromatic heterocycles. The molecule has 0 unspecified atom stereocenters. The van der Waals surface area contributed by atoms with Gasteiger partial charge in [0.2, 0.25) is 0 Å². The normalized spacial score (nSPS) is 10.0. The van der Waals surface area contributed by atoms with Gasteiger partial charge in [-0.2, -0.15) is 0 Å². The molecule has 0 bridgehead atoms. The van der Waals surface area contributed by atoms with Gasteiger partial charge in [0.15, 0.2) is 0 Å². The molecule has 120 valence electrons. The van der Waals surface area contributed by atoms with Crippen molar-refractivity contribution in [2.45, 2.75) is 13.3 Å². The van der Waals surface area contributed by atoms with Gasteiger partial charge in [0.1, 0.15) is 17.9 Å². The minimum Gasteiger partial charge on any atom is -0.493 e. The van der Waals surface area contributed by atoms with E-state index < -0.39 is 0 Å². The Labute approximate surface area is 141 Å². The van der Waals surface area contributed by atoms with Gasteiger partial charge in [0.05, 0.1) is 17.7 Å². The first-order valence-electron chi connectivity index (χ1n) is 8.03. The minimum absolute atomic E-state index is 0.640. The van der Waals surface area contributed by atoms with Crippen LogP contribution in [0.1, 0.15) is 18.9 Å². The fraction of sp³-hybridized carbons (Fsp3) is 0.200. The zero-order valence-electron chi connectivity index (χ0n) is 13.6. The third kappa shape index (κ3) is 3.82.